The molecule has 28 heavy (non-hydrogen) atoms. The summed E-state index contributed by atoms with van der Waals surface area (Å²) in [6.45, 7) is 1.85. The summed E-state index contributed by atoms with van der Waals surface area (Å²) >= 11 is 6.12. The number of hydrogen-bond donors (Lipinski definition) is 1. The van der Waals surface area contributed by atoms with Crippen LogP contribution in [0.5, 0.6) is 5.75 Å². The van der Waals surface area contributed by atoms with E-state index in [0.29, 0.717) is 34.0 Å². The summed E-state index contributed by atoms with van der Waals surface area (Å²) < 4.78 is 5.78. The fourth-order valence-electron chi connectivity index (χ4n) is 2.76. The molecular weight excluding hydrogens is 374 g/mol. The van der Waals surface area contributed by atoms with Gasteiger partial charge in [0.15, 0.2) is 11.9 Å². The van der Waals surface area contributed by atoms with Crippen LogP contribution in [0.15, 0.2) is 78.9 Å². The third kappa shape index (κ3) is 4.59. The van der Waals surface area contributed by atoms with Gasteiger partial charge in [0.2, 0.25) is 0 Å². The minimum atomic E-state index is -0.736. The largest absolute Gasteiger partial charge is 0.479 e. The first-order chi connectivity index (χ1) is 13.6. The van der Waals surface area contributed by atoms with Crippen LogP contribution in [-0.4, -0.2) is 17.8 Å². The van der Waals surface area contributed by atoms with E-state index in [4.69, 9.17) is 16.3 Å². The van der Waals surface area contributed by atoms with E-state index in [9.17, 15) is 9.59 Å². The van der Waals surface area contributed by atoms with Gasteiger partial charge in [0.05, 0.1) is 10.7 Å². The van der Waals surface area contributed by atoms with Gasteiger partial charge in [-0.3, -0.25) is 9.59 Å². The standard InChI is InChI=1S/C23H20ClNO3/c1-2-20(28-21-15-9-7-13-18(21)24)23(27)25-19-14-8-6-12-17(19)22(26)16-10-4-3-5-11-16/h3-15,20H,2H2,1H3,(H,25,27)/t20-/m0/s1. The predicted octanol–water partition coefficient (Wildman–Crippen LogP) is 5.37. The average Bonchev–Trinajstić information content (AvgIpc) is 2.73. The molecule has 0 bridgehead atoms. The van der Waals surface area contributed by atoms with Crippen LogP contribution in [0.2, 0.25) is 5.02 Å². The van der Waals surface area contributed by atoms with Gasteiger partial charge in [0.1, 0.15) is 5.75 Å². The summed E-state index contributed by atoms with van der Waals surface area (Å²) in [5.74, 6) is -0.0490. The third-order valence-corrected chi connectivity index (χ3v) is 4.55. The smallest absolute Gasteiger partial charge is 0.265 e. The number of anilines is 1. The molecule has 0 aliphatic carbocycles. The summed E-state index contributed by atoms with van der Waals surface area (Å²) in [7, 11) is 0. The third-order valence-electron chi connectivity index (χ3n) is 4.23. The molecule has 0 aliphatic heterocycles. The Kier molecular flexibility index (Phi) is 6.45. The number of rotatable bonds is 7. The zero-order chi connectivity index (χ0) is 19.9. The average molecular weight is 394 g/mol. The highest BCUT2D eigenvalue weighted by molar-refractivity contribution is 6.32. The number of para-hydroxylation sites is 2. The first-order valence-corrected chi connectivity index (χ1v) is 9.38. The van der Waals surface area contributed by atoms with E-state index in [1.54, 1.807) is 72.8 Å². The number of amides is 1. The number of halogens is 1. The highest BCUT2D eigenvalue weighted by Gasteiger charge is 2.22. The molecule has 3 aromatic rings. The van der Waals surface area contributed by atoms with E-state index in [1.165, 1.54) is 0 Å². The second-order valence-electron chi connectivity index (χ2n) is 6.18. The molecule has 0 aliphatic rings. The summed E-state index contributed by atoms with van der Waals surface area (Å²) in [6, 6.07) is 22.9. The van der Waals surface area contributed by atoms with Gasteiger partial charge in [-0.05, 0) is 30.7 Å². The second-order valence-corrected chi connectivity index (χ2v) is 6.58. The lowest BCUT2D eigenvalue weighted by Crippen LogP contribution is -2.33. The fourth-order valence-corrected chi connectivity index (χ4v) is 2.94. The number of ketones is 1. The predicted molar refractivity (Wildman–Crippen MR) is 111 cm³/mol. The minimum Gasteiger partial charge on any atom is -0.479 e. The lowest BCUT2D eigenvalue weighted by Gasteiger charge is -2.19. The quantitative estimate of drug-likeness (QED) is 0.549. The van der Waals surface area contributed by atoms with Crippen LogP contribution in [0.25, 0.3) is 0 Å². The highest BCUT2D eigenvalue weighted by atomic mass is 35.5. The van der Waals surface area contributed by atoms with Gasteiger partial charge in [-0.25, -0.2) is 0 Å². The lowest BCUT2D eigenvalue weighted by atomic mass is 10.0. The van der Waals surface area contributed by atoms with Crippen molar-refractivity contribution in [2.45, 2.75) is 19.4 Å². The zero-order valence-corrected chi connectivity index (χ0v) is 16.1. The van der Waals surface area contributed by atoms with Crippen LogP contribution in [0.3, 0.4) is 0 Å². The Morgan fingerprint density at radius 3 is 2.29 bits per heavy atom. The van der Waals surface area contributed by atoms with Crippen LogP contribution < -0.4 is 10.1 Å². The van der Waals surface area contributed by atoms with Crippen molar-refractivity contribution in [3.05, 3.63) is 95.0 Å². The summed E-state index contributed by atoms with van der Waals surface area (Å²) in [5.41, 5.74) is 1.43. The Labute approximate surface area is 169 Å². The minimum absolute atomic E-state index is 0.156. The van der Waals surface area contributed by atoms with E-state index in [-0.39, 0.29) is 11.7 Å². The Bertz CT molecular complexity index is 972. The maximum Gasteiger partial charge on any atom is 0.265 e. The normalized spacial score (nSPS) is 11.5. The van der Waals surface area contributed by atoms with Crippen molar-refractivity contribution in [2.24, 2.45) is 0 Å². The molecule has 0 fully saturated rings. The summed E-state index contributed by atoms with van der Waals surface area (Å²) in [5, 5.41) is 3.26. The molecule has 1 atom stereocenters. The second kappa shape index (κ2) is 9.20. The van der Waals surface area contributed by atoms with Gasteiger partial charge in [-0.1, -0.05) is 73.1 Å². The topological polar surface area (TPSA) is 55.4 Å². The van der Waals surface area contributed by atoms with Gasteiger partial charge in [0.25, 0.3) is 5.91 Å². The zero-order valence-electron chi connectivity index (χ0n) is 15.4. The van der Waals surface area contributed by atoms with E-state index >= 15 is 0 Å². The number of benzene rings is 3. The molecular formula is C23H20ClNO3. The van der Waals surface area contributed by atoms with E-state index in [2.05, 4.69) is 5.32 Å². The molecule has 0 radical (unpaired) electrons. The van der Waals surface area contributed by atoms with Crippen molar-refractivity contribution < 1.29 is 14.3 Å². The highest BCUT2D eigenvalue weighted by Crippen LogP contribution is 2.26. The number of carbonyl (C=O) groups is 2. The molecule has 5 heteroatoms. The molecule has 3 aromatic carbocycles. The Balaban J connectivity index is 1.80. The fraction of sp³-hybridized carbons (Fsp3) is 0.130. The van der Waals surface area contributed by atoms with Crippen LogP contribution in [0, 0.1) is 0 Å². The molecule has 4 nitrogen and oxygen atoms in total. The molecule has 3 rings (SSSR count). The van der Waals surface area contributed by atoms with Crippen molar-refractivity contribution in [1.82, 2.24) is 0 Å². The van der Waals surface area contributed by atoms with E-state index in [1.807, 2.05) is 13.0 Å². The van der Waals surface area contributed by atoms with Gasteiger partial charge in [-0.15, -0.1) is 0 Å². The maximum absolute atomic E-state index is 12.8. The molecule has 0 aromatic heterocycles. The summed E-state index contributed by atoms with van der Waals surface area (Å²) in [4.78, 5) is 25.6. The molecule has 0 heterocycles. The van der Waals surface area contributed by atoms with Gasteiger partial charge < -0.3 is 10.1 Å². The Hall–Kier alpha value is -3.11. The van der Waals surface area contributed by atoms with Crippen molar-refractivity contribution in [3.8, 4) is 5.75 Å². The van der Waals surface area contributed by atoms with Crippen molar-refractivity contribution >= 4 is 29.0 Å². The van der Waals surface area contributed by atoms with Gasteiger partial charge in [0, 0.05) is 11.1 Å². The number of hydrogen-bond acceptors (Lipinski definition) is 3. The molecule has 0 unspecified atom stereocenters. The van der Waals surface area contributed by atoms with Crippen molar-refractivity contribution in [1.29, 1.82) is 0 Å². The molecule has 1 N–H and O–H groups in total. The number of nitrogens with one attached hydrogen (secondary N) is 1. The Morgan fingerprint density at radius 1 is 0.929 bits per heavy atom. The van der Waals surface area contributed by atoms with E-state index in [0.717, 1.165) is 0 Å². The molecule has 0 saturated heterocycles. The number of carbonyl (C=O) groups excluding carboxylic acids is 2. The summed E-state index contributed by atoms with van der Waals surface area (Å²) in [6.07, 6.45) is -0.286. The van der Waals surface area contributed by atoms with Crippen LogP contribution in [-0.2, 0) is 4.79 Å². The van der Waals surface area contributed by atoms with Crippen LogP contribution in [0.1, 0.15) is 29.3 Å². The SMILES string of the molecule is CC[C@H](Oc1ccccc1Cl)C(=O)Nc1ccccc1C(=O)c1ccccc1. The Morgan fingerprint density at radius 2 is 1.57 bits per heavy atom. The molecule has 0 spiro atoms. The first-order valence-electron chi connectivity index (χ1n) is 9.01. The van der Waals surface area contributed by atoms with Crippen molar-refractivity contribution in [3.63, 3.8) is 0 Å². The molecule has 142 valence electrons. The van der Waals surface area contributed by atoms with Gasteiger partial charge in [-0.2, -0.15) is 0 Å². The lowest BCUT2D eigenvalue weighted by molar-refractivity contribution is -0.122. The first kappa shape index (κ1) is 19.6. The molecule has 1 amide bonds. The van der Waals surface area contributed by atoms with Crippen molar-refractivity contribution in [2.75, 3.05) is 5.32 Å². The number of ether oxygens (including phenoxy) is 1. The molecule has 0 saturated carbocycles. The van der Waals surface area contributed by atoms with Crippen LogP contribution in [0.4, 0.5) is 5.69 Å². The monoisotopic (exact) mass is 393 g/mol. The maximum atomic E-state index is 12.8. The van der Waals surface area contributed by atoms with Crippen LogP contribution >= 0.6 is 11.6 Å². The van der Waals surface area contributed by atoms with E-state index < -0.39 is 6.10 Å². The van der Waals surface area contributed by atoms with Gasteiger partial charge >= 0.3 is 0 Å².